The van der Waals surface area contributed by atoms with E-state index in [1.54, 1.807) is 17.1 Å². The van der Waals surface area contributed by atoms with Crippen molar-refractivity contribution >= 4 is 12.0 Å². The van der Waals surface area contributed by atoms with E-state index in [9.17, 15) is 4.79 Å². The third kappa shape index (κ3) is 4.22. The average molecular weight is 295 g/mol. The summed E-state index contributed by atoms with van der Waals surface area (Å²) in [7, 11) is 0. The van der Waals surface area contributed by atoms with Crippen molar-refractivity contribution in [3.8, 4) is 11.5 Å². The predicted octanol–water partition coefficient (Wildman–Crippen LogP) is 4.36. The predicted molar refractivity (Wildman–Crippen MR) is 89.9 cm³/mol. The van der Waals surface area contributed by atoms with Crippen LogP contribution in [0.3, 0.4) is 0 Å². The van der Waals surface area contributed by atoms with Gasteiger partial charge in [-0.2, -0.15) is 0 Å². The average Bonchev–Trinajstić information content (AvgIpc) is 2.56. The number of likely N-dealkylation sites (N-methyl/N-ethyl adjacent to an activating group) is 1. The second-order valence-corrected chi connectivity index (χ2v) is 4.80. The Morgan fingerprint density at radius 1 is 1.00 bits per heavy atom. The highest BCUT2D eigenvalue weighted by Gasteiger charge is 2.06. The number of rotatable bonds is 6. The van der Waals surface area contributed by atoms with Gasteiger partial charge < -0.3 is 9.64 Å². The van der Waals surface area contributed by atoms with Crippen molar-refractivity contribution in [3.63, 3.8) is 0 Å². The Kier molecular flexibility index (Phi) is 5.78. The molecule has 2 aromatic carbocycles. The van der Waals surface area contributed by atoms with Gasteiger partial charge in [-0.25, -0.2) is 0 Å². The van der Waals surface area contributed by atoms with E-state index in [1.807, 2.05) is 68.4 Å². The SMILES string of the molecule is CCN(CC)C(=O)C=Cc1ccccc1Oc1ccccc1. The normalized spacial score (nSPS) is 10.6. The lowest BCUT2D eigenvalue weighted by Gasteiger charge is -2.16. The molecule has 0 fully saturated rings. The molecule has 114 valence electrons. The van der Waals surface area contributed by atoms with Gasteiger partial charge in [-0.05, 0) is 38.1 Å². The fourth-order valence-electron chi connectivity index (χ4n) is 2.13. The van der Waals surface area contributed by atoms with Crippen LogP contribution in [-0.4, -0.2) is 23.9 Å². The Morgan fingerprint density at radius 3 is 2.32 bits per heavy atom. The number of carbonyl (C=O) groups is 1. The van der Waals surface area contributed by atoms with Crippen LogP contribution in [0, 0.1) is 0 Å². The fourth-order valence-corrected chi connectivity index (χ4v) is 2.13. The Hall–Kier alpha value is -2.55. The van der Waals surface area contributed by atoms with Gasteiger partial charge in [-0.3, -0.25) is 4.79 Å². The topological polar surface area (TPSA) is 29.5 Å². The molecule has 0 spiro atoms. The number of hydrogen-bond acceptors (Lipinski definition) is 2. The van der Waals surface area contributed by atoms with Gasteiger partial charge in [0.1, 0.15) is 11.5 Å². The zero-order valence-electron chi connectivity index (χ0n) is 13.0. The lowest BCUT2D eigenvalue weighted by atomic mass is 10.2. The van der Waals surface area contributed by atoms with Crippen LogP contribution in [0.1, 0.15) is 19.4 Å². The molecule has 0 aromatic heterocycles. The van der Waals surface area contributed by atoms with Crippen molar-refractivity contribution < 1.29 is 9.53 Å². The van der Waals surface area contributed by atoms with Crippen molar-refractivity contribution in [1.29, 1.82) is 0 Å². The van der Waals surface area contributed by atoms with E-state index in [-0.39, 0.29) is 5.91 Å². The largest absolute Gasteiger partial charge is 0.457 e. The van der Waals surface area contributed by atoms with Crippen molar-refractivity contribution in [2.45, 2.75) is 13.8 Å². The van der Waals surface area contributed by atoms with Gasteiger partial charge in [0.15, 0.2) is 0 Å². The minimum atomic E-state index is 0.0134. The number of benzene rings is 2. The first-order valence-corrected chi connectivity index (χ1v) is 7.53. The van der Waals surface area contributed by atoms with Gasteiger partial charge in [0.25, 0.3) is 0 Å². The third-order valence-corrected chi connectivity index (χ3v) is 3.37. The summed E-state index contributed by atoms with van der Waals surface area (Å²) >= 11 is 0. The first-order chi connectivity index (χ1) is 10.7. The quantitative estimate of drug-likeness (QED) is 0.741. The standard InChI is InChI=1S/C19H21NO2/c1-3-20(4-2)19(21)15-14-16-10-8-9-13-18(16)22-17-11-6-5-7-12-17/h5-15H,3-4H2,1-2H3. The minimum absolute atomic E-state index is 0.0134. The van der Waals surface area contributed by atoms with E-state index in [0.29, 0.717) is 13.1 Å². The van der Waals surface area contributed by atoms with E-state index in [4.69, 9.17) is 4.74 Å². The molecule has 22 heavy (non-hydrogen) atoms. The van der Waals surface area contributed by atoms with E-state index in [2.05, 4.69) is 0 Å². The van der Waals surface area contributed by atoms with Crippen LogP contribution in [0.4, 0.5) is 0 Å². The van der Waals surface area contributed by atoms with Gasteiger partial charge in [-0.1, -0.05) is 36.4 Å². The molecule has 2 rings (SSSR count). The van der Waals surface area contributed by atoms with Crippen LogP contribution in [0.15, 0.2) is 60.7 Å². The minimum Gasteiger partial charge on any atom is -0.457 e. The highest BCUT2D eigenvalue weighted by Crippen LogP contribution is 2.25. The monoisotopic (exact) mass is 295 g/mol. The maximum Gasteiger partial charge on any atom is 0.246 e. The second kappa shape index (κ2) is 8.03. The number of carbonyl (C=O) groups excluding carboxylic acids is 1. The molecule has 1 amide bonds. The number of para-hydroxylation sites is 2. The molecule has 0 radical (unpaired) electrons. The first kappa shape index (κ1) is 15.8. The molecule has 3 nitrogen and oxygen atoms in total. The van der Waals surface area contributed by atoms with Crippen LogP contribution < -0.4 is 4.74 Å². The zero-order valence-corrected chi connectivity index (χ0v) is 13.0. The number of amides is 1. The van der Waals surface area contributed by atoms with E-state index in [0.717, 1.165) is 17.1 Å². The highest BCUT2D eigenvalue weighted by atomic mass is 16.5. The van der Waals surface area contributed by atoms with Crippen molar-refractivity contribution in [2.24, 2.45) is 0 Å². The lowest BCUT2D eigenvalue weighted by molar-refractivity contribution is -0.125. The molecule has 0 aliphatic carbocycles. The van der Waals surface area contributed by atoms with E-state index >= 15 is 0 Å². The summed E-state index contributed by atoms with van der Waals surface area (Å²) in [4.78, 5) is 13.8. The smallest absolute Gasteiger partial charge is 0.246 e. The Balaban J connectivity index is 2.16. The van der Waals surface area contributed by atoms with Crippen molar-refractivity contribution in [1.82, 2.24) is 4.90 Å². The molecule has 0 atom stereocenters. The van der Waals surface area contributed by atoms with Gasteiger partial charge >= 0.3 is 0 Å². The maximum absolute atomic E-state index is 12.0. The molecular formula is C19H21NO2. The van der Waals surface area contributed by atoms with Gasteiger partial charge in [-0.15, -0.1) is 0 Å². The van der Waals surface area contributed by atoms with Crippen molar-refractivity contribution in [3.05, 3.63) is 66.2 Å². The van der Waals surface area contributed by atoms with Crippen LogP contribution in [-0.2, 0) is 4.79 Å². The summed E-state index contributed by atoms with van der Waals surface area (Å²) in [5.41, 5.74) is 0.881. The van der Waals surface area contributed by atoms with Gasteiger partial charge in [0.2, 0.25) is 5.91 Å². The Labute approximate surface area is 131 Å². The van der Waals surface area contributed by atoms with Crippen LogP contribution in [0.5, 0.6) is 11.5 Å². The molecule has 0 saturated heterocycles. The number of nitrogens with zero attached hydrogens (tertiary/aromatic N) is 1. The van der Waals surface area contributed by atoms with Gasteiger partial charge in [0.05, 0.1) is 0 Å². The van der Waals surface area contributed by atoms with Crippen LogP contribution in [0.2, 0.25) is 0 Å². The molecule has 0 N–H and O–H groups in total. The van der Waals surface area contributed by atoms with Crippen LogP contribution in [0.25, 0.3) is 6.08 Å². The molecule has 0 saturated carbocycles. The molecule has 0 bridgehead atoms. The number of ether oxygens (including phenoxy) is 1. The fraction of sp³-hybridized carbons (Fsp3) is 0.211. The summed E-state index contributed by atoms with van der Waals surface area (Å²) in [5, 5.41) is 0. The second-order valence-electron chi connectivity index (χ2n) is 4.80. The Bertz CT molecular complexity index is 631. The molecule has 2 aromatic rings. The lowest BCUT2D eigenvalue weighted by Crippen LogP contribution is -2.28. The molecule has 0 aliphatic rings. The maximum atomic E-state index is 12.0. The van der Waals surface area contributed by atoms with Crippen LogP contribution >= 0.6 is 0 Å². The summed E-state index contributed by atoms with van der Waals surface area (Å²) in [5.74, 6) is 1.52. The Morgan fingerprint density at radius 2 is 1.64 bits per heavy atom. The summed E-state index contributed by atoms with van der Waals surface area (Å²) in [6, 6.07) is 17.3. The summed E-state index contributed by atoms with van der Waals surface area (Å²) in [6.07, 6.45) is 3.40. The molecular weight excluding hydrogens is 274 g/mol. The van der Waals surface area contributed by atoms with Crippen molar-refractivity contribution in [2.75, 3.05) is 13.1 Å². The summed E-state index contributed by atoms with van der Waals surface area (Å²) in [6.45, 7) is 5.37. The first-order valence-electron chi connectivity index (χ1n) is 7.53. The molecule has 0 heterocycles. The molecule has 0 unspecified atom stereocenters. The summed E-state index contributed by atoms with van der Waals surface area (Å²) < 4.78 is 5.88. The third-order valence-electron chi connectivity index (χ3n) is 3.37. The molecule has 3 heteroatoms. The zero-order chi connectivity index (χ0) is 15.8. The van der Waals surface area contributed by atoms with Gasteiger partial charge in [0, 0.05) is 24.7 Å². The number of hydrogen-bond donors (Lipinski definition) is 0. The van der Waals surface area contributed by atoms with E-state index in [1.165, 1.54) is 0 Å². The van der Waals surface area contributed by atoms with E-state index < -0.39 is 0 Å². The highest BCUT2D eigenvalue weighted by molar-refractivity contribution is 5.92. The molecule has 0 aliphatic heterocycles.